The van der Waals surface area contributed by atoms with Gasteiger partial charge in [-0.25, -0.2) is 0 Å². The van der Waals surface area contributed by atoms with E-state index in [0.29, 0.717) is 29.2 Å². The van der Waals surface area contributed by atoms with Crippen molar-refractivity contribution >= 4 is 0 Å². The van der Waals surface area contributed by atoms with Crippen LogP contribution in [0.25, 0.3) is 0 Å². The van der Waals surface area contributed by atoms with E-state index in [2.05, 4.69) is 5.10 Å². The van der Waals surface area contributed by atoms with Gasteiger partial charge in [-0.05, 0) is 23.8 Å². The number of nitrogens with zero attached hydrogens (tertiary/aromatic N) is 2. The van der Waals surface area contributed by atoms with E-state index in [4.69, 9.17) is 14.2 Å². The Labute approximate surface area is 123 Å². The average molecular weight is 292 g/mol. The van der Waals surface area contributed by atoms with Crippen molar-refractivity contribution in [2.75, 3.05) is 21.3 Å². The summed E-state index contributed by atoms with van der Waals surface area (Å²) in [6, 6.07) is 5.37. The molecular formula is C15H20N2O4. The number of aryl methyl sites for hydroxylation is 1. The molecule has 0 radical (unpaired) electrons. The highest BCUT2D eigenvalue weighted by atomic mass is 16.5. The second-order valence-electron chi connectivity index (χ2n) is 4.66. The third kappa shape index (κ3) is 3.28. The Hall–Kier alpha value is -2.21. The van der Waals surface area contributed by atoms with Crippen LogP contribution < -0.4 is 14.2 Å². The Morgan fingerprint density at radius 1 is 1.14 bits per heavy atom. The Kier molecular flexibility index (Phi) is 4.70. The lowest BCUT2D eigenvalue weighted by molar-refractivity contribution is 0.176. The number of hydrogen-bond donors (Lipinski definition) is 1. The van der Waals surface area contributed by atoms with Gasteiger partial charge in [0.15, 0.2) is 11.5 Å². The molecule has 1 heterocycles. The van der Waals surface area contributed by atoms with Gasteiger partial charge in [0.25, 0.3) is 0 Å². The molecule has 1 aromatic carbocycles. The van der Waals surface area contributed by atoms with Crippen molar-refractivity contribution in [2.45, 2.75) is 12.5 Å². The van der Waals surface area contributed by atoms with Crippen LogP contribution in [-0.2, 0) is 13.5 Å². The Bertz CT molecular complexity index is 584. The molecule has 2 aromatic rings. The van der Waals surface area contributed by atoms with Gasteiger partial charge < -0.3 is 19.3 Å². The lowest BCUT2D eigenvalue weighted by Crippen LogP contribution is -2.05. The summed E-state index contributed by atoms with van der Waals surface area (Å²) in [5, 5.41) is 14.7. The maximum atomic E-state index is 10.4. The van der Waals surface area contributed by atoms with Crippen molar-refractivity contribution in [3.8, 4) is 17.2 Å². The molecule has 0 saturated carbocycles. The Balaban J connectivity index is 2.30. The number of aromatic nitrogens is 2. The lowest BCUT2D eigenvalue weighted by atomic mass is 10.0. The fourth-order valence-corrected chi connectivity index (χ4v) is 2.18. The van der Waals surface area contributed by atoms with Crippen LogP contribution in [0.2, 0.25) is 0 Å². The maximum Gasteiger partial charge on any atom is 0.203 e. The molecule has 2 rings (SSSR count). The molecule has 6 heteroatoms. The second kappa shape index (κ2) is 6.49. The molecule has 21 heavy (non-hydrogen) atoms. The molecule has 6 nitrogen and oxygen atoms in total. The molecule has 0 bridgehead atoms. The number of aliphatic hydroxyl groups excluding tert-OH is 1. The summed E-state index contributed by atoms with van der Waals surface area (Å²) < 4.78 is 17.5. The molecule has 0 aliphatic rings. The molecule has 0 aliphatic heterocycles. The minimum atomic E-state index is -0.700. The number of rotatable bonds is 6. The second-order valence-corrected chi connectivity index (χ2v) is 4.66. The number of benzene rings is 1. The van der Waals surface area contributed by atoms with Crippen LogP contribution in [0.15, 0.2) is 24.4 Å². The first-order chi connectivity index (χ1) is 10.1. The predicted molar refractivity (Wildman–Crippen MR) is 78.0 cm³/mol. The van der Waals surface area contributed by atoms with Gasteiger partial charge in [0.2, 0.25) is 5.75 Å². The maximum absolute atomic E-state index is 10.4. The van der Waals surface area contributed by atoms with E-state index < -0.39 is 6.10 Å². The van der Waals surface area contributed by atoms with Gasteiger partial charge in [-0.2, -0.15) is 5.10 Å². The van der Waals surface area contributed by atoms with Crippen LogP contribution in [-0.4, -0.2) is 36.2 Å². The standard InChI is InChI=1S/C15H20N2O4/c1-17-6-5-11(16-17)9-12(18)10-7-13(19-2)15(21-4)14(8-10)20-3/h5-8,12,18H,9H2,1-4H3. The van der Waals surface area contributed by atoms with Gasteiger partial charge >= 0.3 is 0 Å². The van der Waals surface area contributed by atoms with E-state index in [1.807, 2.05) is 19.3 Å². The van der Waals surface area contributed by atoms with Crippen molar-refractivity contribution in [2.24, 2.45) is 7.05 Å². The van der Waals surface area contributed by atoms with Crippen LogP contribution in [0.1, 0.15) is 17.4 Å². The molecule has 0 spiro atoms. The molecule has 1 atom stereocenters. The van der Waals surface area contributed by atoms with E-state index in [1.54, 1.807) is 38.1 Å². The summed E-state index contributed by atoms with van der Waals surface area (Å²) in [6.45, 7) is 0. The smallest absolute Gasteiger partial charge is 0.203 e. The molecule has 1 N–H and O–H groups in total. The molecule has 0 fully saturated rings. The SMILES string of the molecule is COc1cc(C(O)Cc2ccn(C)n2)cc(OC)c1OC. The van der Waals surface area contributed by atoms with Gasteiger partial charge in [-0.1, -0.05) is 0 Å². The first kappa shape index (κ1) is 15.2. The third-order valence-electron chi connectivity index (χ3n) is 3.24. The largest absolute Gasteiger partial charge is 0.493 e. The van der Waals surface area contributed by atoms with Crippen molar-refractivity contribution in [3.63, 3.8) is 0 Å². The van der Waals surface area contributed by atoms with E-state index in [-0.39, 0.29) is 0 Å². The van der Waals surface area contributed by atoms with Crippen LogP contribution in [0.5, 0.6) is 17.2 Å². The van der Waals surface area contributed by atoms with E-state index >= 15 is 0 Å². The summed E-state index contributed by atoms with van der Waals surface area (Å²) in [5.74, 6) is 1.55. The van der Waals surface area contributed by atoms with Gasteiger partial charge in [0.1, 0.15) is 0 Å². The number of methoxy groups -OCH3 is 3. The minimum Gasteiger partial charge on any atom is -0.493 e. The number of ether oxygens (including phenoxy) is 3. The third-order valence-corrected chi connectivity index (χ3v) is 3.24. The van der Waals surface area contributed by atoms with Crippen molar-refractivity contribution in [1.82, 2.24) is 9.78 Å². The lowest BCUT2D eigenvalue weighted by Gasteiger charge is -2.16. The van der Waals surface area contributed by atoms with Gasteiger partial charge in [-0.3, -0.25) is 4.68 Å². The number of aliphatic hydroxyl groups is 1. The van der Waals surface area contributed by atoms with Crippen LogP contribution in [0.4, 0.5) is 0 Å². The fourth-order valence-electron chi connectivity index (χ4n) is 2.18. The topological polar surface area (TPSA) is 65.7 Å². The summed E-state index contributed by atoms with van der Waals surface area (Å²) in [7, 11) is 6.48. The first-order valence-corrected chi connectivity index (χ1v) is 6.55. The number of hydrogen-bond acceptors (Lipinski definition) is 5. The van der Waals surface area contributed by atoms with Gasteiger partial charge in [0.05, 0.1) is 33.1 Å². The van der Waals surface area contributed by atoms with Crippen LogP contribution in [0, 0.1) is 0 Å². The predicted octanol–water partition coefficient (Wildman–Crippen LogP) is 1.72. The summed E-state index contributed by atoms with van der Waals surface area (Å²) in [4.78, 5) is 0. The summed E-state index contributed by atoms with van der Waals surface area (Å²) in [5.41, 5.74) is 1.51. The zero-order chi connectivity index (χ0) is 15.4. The molecule has 0 saturated heterocycles. The normalized spacial score (nSPS) is 12.0. The fraction of sp³-hybridized carbons (Fsp3) is 0.400. The Morgan fingerprint density at radius 2 is 1.76 bits per heavy atom. The monoisotopic (exact) mass is 292 g/mol. The van der Waals surface area contributed by atoms with Crippen LogP contribution in [0.3, 0.4) is 0 Å². The van der Waals surface area contributed by atoms with Crippen molar-refractivity contribution in [1.29, 1.82) is 0 Å². The highest BCUT2D eigenvalue weighted by molar-refractivity contribution is 5.54. The van der Waals surface area contributed by atoms with Crippen molar-refractivity contribution in [3.05, 3.63) is 35.7 Å². The molecule has 0 amide bonds. The molecule has 1 aromatic heterocycles. The van der Waals surface area contributed by atoms with Crippen molar-refractivity contribution < 1.29 is 19.3 Å². The Morgan fingerprint density at radius 3 is 2.19 bits per heavy atom. The highest BCUT2D eigenvalue weighted by Gasteiger charge is 2.18. The summed E-state index contributed by atoms with van der Waals surface area (Å²) in [6.07, 6.45) is 1.56. The van der Waals surface area contributed by atoms with E-state index in [1.165, 1.54) is 0 Å². The molecule has 0 aliphatic carbocycles. The zero-order valence-electron chi connectivity index (χ0n) is 12.7. The van der Waals surface area contributed by atoms with Gasteiger partial charge in [-0.15, -0.1) is 0 Å². The molecule has 114 valence electrons. The highest BCUT2D eigenvalue weighted by Crippen LogP contribution is 2.40. The average Bonchev–Trinajstić information content (AvgIpc) is 2.90. The first-order valence-electron chi connectivity index (χ1n) is 6.55. The van der Waals surface area contributed by atoms with Gasteiger partial charge in [0, 0.05) is 19.7 Å². The zero-order valence-corrected chi connectivity index (χ0v) is 12.7. The van der Waals surface area contributed by atoms with E-state index in [0.717, 1.165) is 5.69 Å². The quantitative estimate of drug-likeness (QED) is 0.878. The summed E-state index contributed by atoms with van der Waals surface area (Å²) >= 11 is 0. The molecule has 1 unspecified atom stereocenters. The minimum absolute atomic E-state index is 0.416. The van der Waals surface area contributed by atoms with Crippen LogP contribution >= 0.6 is 0 Å². The van der Waals surface area contributed by atoms with E-state index in [9.17, 15) is 5.11 Å². The molecular weight excluding hydrogens is 272 g/mol.